The molecule has 0 aliphatic carbocycles. The molecule has 4 rings (SSSR count). The zero-order valence-electron chi connectivity index (χ0n) is 18.2. The molecule has 0 spiro atoms. The Hall–Kier alpha value is -3.04. The normalized spacial score (nSPS) is 11.0. The molecule has 9 heteroatoms. The SMILES string of the molecule is CC(=O)N(c1ccc(C)c(C)c1)c1nc(CSc2nnc(-c3ccccc3F)n2C)cs1. The van der Waals surface area contributed by atoms with E-state index >= 15 is 0 Å². The summed E-state index contributed by atoms with van der Waals surface area (Å²) >= 11 is 2.89. The fourth-order valence-electron chi connectivity index (χ4n) is 3.21. The van der Waals surface area contributed by atoms with Crippen LogP contribution in [0.25, 0.3) is 11.4 Å². The van der Waals surface area contributed by atoms with Gasteiger partial charge in [-0.2, -0.15) is 0 Å². The Balaban J connectivity index is 1.52. The Morgan fingerprint density at radius 2 is 1.94 bits per heavy atom. The molecule has 4 aromatic rings. The molecule has 0 atom stereocenters. The van der Waals surface area contributed by atoms with Crippen LogP contribution in [0.1, 0.15) is 23.7 Å². The van der Waals surface area contributed by atoms with E-state index in [2.05, 4.69) is 15.2 Å². The molecule has 0 fully saturated rings. The van der Waals surface area contributed by atoms with Gasteiger partial charge in [0.25, 0.3) is 0 Å². The predicted molar refractivity (Wildman–Crippen MR) is 127 cm³/mol. The third-order valence-electron chi connectivity index (χ3n) is 5.09. The number of amides is 1. The van der Waals surface area contributed by atoms with Gasteiger partial charge in [-0.3, -0.25) is 9.69 Å². The van der Waals surface area contributed by atoms with Crippen LogP contribution >= 0.6 is 23.1 Å². The number of halogens is 1. The van der Waals surface area contributed by atoms with Crippen molar-refractivity contribution in [2.45, 2.75) is 31.7 Å². The van der Waals surface area contributed by atoms with Crippen LogP contribution in [0.2, 0.25) is 0 Å². The number of thioether (sulfide) groups is 1. The van der Waals surface area contributed by atoms with Gasteiger partial charge in [0.15, 0.2) is 16.1 Å². The summed E-state index contributed by atoms with van der Waals surface area (Å²) in [5, 5.41) is 11.6. The van der Waals surface area contributed by atoms with Crippen LogP contribution in [0.5, 0.6) is 0 Å². The lowest BCUT2D eigenvalue weighted by molar-refractivity contribution is -0.115. The number of hydrogen-bond acceptors (Lipinski definition) is 6. The van der Waals surface area contributed by atoms with Crippen molar-refractivity contribution in [1.29, 1.82) is 0 Å². The molecule has 0 bridgehead atoms. The number of carbonyl (C=O) groups excluding carboxylic acids is 1. The number of benzene rings is 2. The molecule has 0 aliphatic rings. The van der Waals surface area contributed by atoms with Crippen molar-refractivity contribution in [3.63, 3.8) is 0 Å². The summed E-state index contributed by atoms with van der Waals surface area (Å²) in [7, 11) is 1.81. The molecule has 0 saturated heterocycles. The molecule has 164 valence electrons. The van der Waals surface area contributed by atoms with E-state index in [1.807, 2.05) is 44.5 Å². The van der Waals surface area contributed by atoms with Crippen LogP contribution in [-0.2, 0) is 17.6 Å². The lowest BCUT2D eigenvalue weighted by Crippen LogP contribution is -2.22. The third-order valence-corrected chi connectivity index (χ3v) is 7.02. The Morgan fingerprint density at radius 3 is 2.66 bits per heavy atom. The zero-order valence-corrected chi connectivity index (χ0v) is 19.8. The molecule has 32 heavy (non-hydrogen) atoms. The van der Waals surface area contributed by atoms with Gasteiger partial charge in [0.2, 0.25) is 5.91 Å². The van der Waals surface area contributed by atoms with E-state index in [0.717, 1.165) is 16.9 Å². The number of aromatic nitrogens is 4. The lowest BCUT2D eigenvalue weighted by Gasteiger charge is -2.19. The smallest absolute Gasteiger partial charge is 0.230 e. The van der Waals surface area contributed by atoms with Crippen LogP contribution in [0, 0.1) is 19.7 Å². The topological polar surface area (TPSA) is 63.9 Å². The molecule has 0 aliphatic heterocycles. The van der Waals surface area contributed by atoms with Crippen LogP contribution < -0.4 is 4.90 Å². The summed E-state index contributed by atoms with van der Waals surface area (Å²) in [5.74, 6) is 0.601. The van der Waals surface area contributed by atoms with Crippen LogP contribution in [0.4, 0.5) is 15.2 Å². The number of nitrogens with zero attached hydrogens (tertiary/aromatic N) is 5. The number of hydrogen-bond donors (Lipinski definition) is 0. The third kappa shape index (κ3) is 4.44. The van der Waals surface area contributed by atoms with Gasteiger partial charge < -0.3 is 4.57 Å². The lowest BCUT2D eigenvalue weighted by atomic mass is 10.1. The number of thiazole rings is 1. The van der Waals surface area contributed by atoms with Gasteiger partial charge >= 0.3 is 0 Å². The molecule has 0 N–H and O–H groups in total. The summed E-state index contributed by atoms with van der Waals surface area (Å²) in [4.78, 5) is 18.7. The predicted octanol–water partition coefficient (Wildman–Crippen LogP) is 5.67. The van der Waals surface area contributed by atoms with Gasteiger partial charge in [-0.15, -0.1) is 21.5 Å². The highest BCUT2D eigenvalue weighted by Gasteiger charge is 2.19. The molecule has 0 saturated carbocycles. The van der Waals surface area contributed by atoms with Crippen molar-refractivity contribution >= 4 is 39.8 Å². The molecule has 2 heterocycles. The van der Waals surface area contributed by atoms with Crippen molar-refractivity contribution in [3.8, 4) is 11.4 Å². The zero-order chi connectivity index (χ0) is 22.8. The fourth-order valence-corrected chi connectivity index (χ4v) is 5.01. The number of aryl methyl sites for hydroxylation is 2. The second-order valence-electron chi connectivity index (χ2n) is 7.38. The molecule has 6 nitrogen and oxygen atoms in total. The van der Waals surface area contributed by atoms with E-state index < -0.39 is 0 Å². The molecule has 2 aromatic carbocycles. The minimum Gasteiger partial charge on any atom is -0.305 e. The van der Waals surface area contributed by atoms with E-state index in [4.69, 9.17) is 0 Å². The van der Waals surface area contributed by atoms with Crippen molar-refractivity contribution in [1.82, 2.24) is 19.7 Å². The number of anilines is 2. The summed E-state index contributed by atoms with van der Waals surface area (Å²) in [6.07, 6.45) is 0. The monoisotopic (exact) mass is 467 g/mol. The first kappa shape index (κ1) is 22.2. The first-order valence-electron chi connectivity index (χ1n) is 9.94. The van der Waals surface area contributed by atoms with E-state index in [0.29, 0.717) is 27.4 Å². The molecule has 1 amide bonds. The molecule has 0 radical (unpaired) electrons. The van der Waals surface area contributed by atoms with Gasteiger partial charge in [-0.1, -0.05) is 30.0 Å². The van der Waals surface area contributed by atoms with Gasteiger partial charge in [0.05, 0.1) is 16.9 Å². The second-order valence-corrected chi connectivity index (χ2v) is 9.16. The summed E-state index contributed by atoms with van der Waals surface area (Å²) in [6, 6.07) is 12.4. The molecule has 2 aromatic heterocycles. The maximum absolute atomic E-state index is 14.1. The summed E-state index contributed by atoms with van der Waals surface area (Å²) < 4.78 is 15.9. The summed E-state index contributed by atoms with van der Waals surface area (Å²) in [5.41, 5.74) is 4.34. The molecular weight excluding hydrogens is 445 g/mol. The Morgan fingerprint density at radius 1 is 1.16 bits per heavy atom. The maximum atomic E-state index is 14.1. The quantitative estimate of drug-likeness (QED) is 0.342. The number of carbonyl (C=O) groups is 1. The van der Waals surface area contributed by atoms with Crippen molar-refractivity contribution in [2.24, 2.45) is 7.05 Å². The average molecular weight is 468 g/mol. The van der Waals surface area contributed by atoms with Gasteiger partial charge in [-0.25, -0.2) is 9.37 Å². The summed E-state index contributed by atoms with van der Waals surface area (Å²) in [6.45, 7) is 5.60. The van der Waals surface area contributed by atoms with Gasteiger partial charge in [0, 0.05) is 25.1 Å². The van der Waals surface area contributed by atoms with Gasteiger partial charge in [-0.05, 0) is 49.2 Å². The molecule has 0 unspecified atom stereocenters. The maximum Gasteiger partial charge on any atom is 0.230 e. The van der Waals surface area contributed by atoms with Crippen molar-refractivity contribution in [2.75, 3.05) is 4.90 Å². The van der Waals surface area contributed by atoms with E-state index in [9.17, 15) is 9.18 Å². The van der Waals surface area contributed by atoms with E-state index in [1.54, 1.807) is 27.7 Å². The Labute approximate surface area is 194 Å². The fraction of sp³-hybridized carbons (Fsp3) is 0.217. The van der Waals surface area contributed by atoms with Crippen LogP contribution in [0.15, 0.2) is 53.0 Å². The van der Waals surface area contributed by atoms with Crippen molar-refractivity contribution in [3.05, 3.63) is 70.5 Å². The minimum absolute atomic E-state index is 0.0929. The first-order chi connectivity index (χ1) is 15.3. The van der Waals surface area contributed by atoms with Crippen molar-refractivity contribution < 1.29 is 9.18 Å². The second kappa shape index (κ2) is 9.22. The van der Waals surface area contributed by atoms with Crippen LogP contribution in [-0.4, -0.2) is 25.7 Å². The standard InChI is InChI=1S/C23H22FN5OS2/c1-14-9-10-18(11-15(14)2)29(16(3)30)22-25-17(12-31-22)13-32-23-27-26-21(28(23)4)19-7-5-6-8-20(19)24/h5-12H,13H2,1-4H3. The Bertz CT molecular complexity index is 1280. The average Bonchev–Trinajstić information content (AvgIpc) is 3.36. The minimum atomic E-state index is -0.334. The largest absolute Gasteiger partial charge is 0.305 e. The van der Waals surface area contributed by atoms with Crippen LogP contribution in [0.3, 0.4) is 0 Å². The molecular formula is C23H22FN5OS2. The first-order valence-corrected chi connectivity index (χ1v) is 11.8. The van der Waals surface area contributed by atoms with E-state index in [1.165, 1.54) is 41.7 Å². The highest BCUT2D eigenvalue weighted by molar-refractivity contribution is 7.98. The van der Waals surface area contributed by atoms with Gasteiger partial charge in [0.1, 0.15) is 5.82 Å². The highest BCUT2D eigenvalue weighted by atomic mass is 32.2. The Kier molecular flexibility index (Phi) is 6.38. The van der Waals surface area contributed by atoms with E-state index in [-0.39, 0.29) is 11.7 Å². The highest BCUT2D eigenvalue weighted by Crippen LogP contribution is 2.32. The number of rotatable bonds is 6.